The Morgan fingerprint density at radius 3 is 2.61 bits per heavy atom. The van der Waals surface area contributed by atoms with E-state index >= 15 is 0 Å². The summed E-state index contributed by atoms with van der Waals surface area (Å²) in [5, 5.41) is 3.41. The third-order valence-electron chi connectivity index (χ3n) is 3.97. The van der Waals surface area contributed by atoms with Gasteiger partial charge in [-0.2, -0.15) is 0 Å². The zero-order valence-corrected chi connectivity index (χ0v) is 15.5. The van der Waals surface area contributed by atoms with Gasteiger partial charge in [0.05, 0.1) is 11.2 Å². The van der Waals surface area contributed by atoms with Crippen LogP contribution in [0.15, 0.2) is 58.6 Å². The highest BCUT2D eigenvalue weighted by molar-refractivity contribution is 7.91. The molecule has 0 spiro atoms. The fraction of sp³-hybridized carbons (Fsp3) is 0.222. The number of sulfone groups is 1. The Morgan fingerprint density at radius 2 is 1.89 bits per heavy atom. The highest BCUT2D eigenvalue weighted by Gasteiger charge is 2.33. The topological polar surface area (TPSA) is 124 Å². The van der Waals surface area contributed by atoms with Gasteiger partial charge in [0.2, 0.25) is 6.79 Å². The molecule has 3 rings (SSSR count). The number of benzene rings is 1. The van der Waals surface area contributed by atoms with Crippen molar-refractivity contribution >= 4 is 21.7 Å². The first-order valence-electron chi connectivity index (χ1n) is 8.27. The maximum Gasteiger partial charge on any atom is 0.309 e. The summed E-state index contributed by atoms with van der Waals surface area (Å²) in [7, 11) is -3.98. The first-order valence-corrected chi connectivity index (χ1v) is 9.82. The molecule has 0 fully saturated rings. The van der Waals surface area contributed by atoms with Crippen molar-refractivity contribution in [3.05, 3.63) is 55.0 Å². The van der Waals surface area contributed by atoms with Gasteiger partial charge in [0.15, 0.2) is 21.3 Å². The van der Waals surface area contributed by atoms with E-state index in [1.54, 1.807) is 0 Å². The Hall–Kier alpha value is -3.27. The van der Waals surface area contributed by atoms with Crippen LogP contribution in [-0.2, 0) is 19.4 Å². The van der Waals surface area contributed by atoms with Crippen molar-refractivity contribution in [3.8, 4) is 11.5 Å². The molecule has 0 bridgehead atoms. The Morgan fingerprint density at radius 1 is 1.14 bits per heavy atom. The average molecular weight is 406 g/mol. The van der Waals surface area contributed by atoms with Crippen molar-refractivity contribution < 1.29 is 31.9 Å². The molecule has 28 heavy (non-hydrogen) atoms. The fourth-order valence-electron chi connectivity index (χ4n) is 2.57. The molecular formula is C18H18N2O7S. The Balaban J connectivity index is 1.83. The monoisotopic (exact) mass is 406 g/mol. The molecule has 0 saturated heterocycles. The van der Waals surface area contributed by atoms with Gasteiger partial charge in [-0.3, -0.25) is 9.59 Å². The number of hydrogen-bond donors (Lipinski definition) is 2. The lowest BCUT2D eigenvalue weighted by molar-refractivity contribution is -0.139. The Labute approximate surface area is 161 Å². The second-order valence-corrected chi connectivity index (χ2v) is 7.90. The fourth-order valence-corrected chi connectivity index (χ4v) is 4.17. The Kier molecular flexibility index (Phi) is 5.69. The molecular weight excluding hydrogens is 388 g/mol. The second kappa shape index (κ2) is 8.17. The third-order valence-corrected chi connectivity index (χ3v) is 6.03. The normalized spacial score (nSPS) is 13.6. The second-order valence-electron chi connectivity index (χ2n) is 5.77. The van der Waals surface area contributed by atoms with Crippen LogP contribution in [0.1, 0.15) is 11.0 Å². The SMILES string of the molecule is C=CCNC(=O)C(=O)NC[C@@H](c1ccco1)S(=O)(=O)c1ccc2c(c1)OCO2. The molecule has 1 aromatic carbocycles. The molecule has 1 atom stereocenters. The highest BCUT2D eigenvalue weighted by atomic mass is 32.2. The van der Waals surface area contributed by atoms with Gasteiger partial charge >= 0.3 is 11.8 Å². The van der Waals surface area contributed by atoms with Gasteiger partial charge in [0, 0.05) is 19.2 Å². The molecule has 10 heteroatoms. The number of carbonyl (C=O) groups is 2. The zero-order valence-electron chi connectivity index (χ0n) is 14.7. The van der Waals surface area contributed by atoms with Gasteiger partial charge in [-0.1, -0.05) is 6.08 Å². The summed E-state index contributed by atoms with van der Waals surface area (Å²) in [5.41, 5.74) is 0. The predicted molar refractivity (Wildman–Crippen MR) is 97.4 cm³/mol. The number of amides is 2. The van der Waals surface area contributed by atoms with E-state index in [4.69, 9.17) is 13.9 Å². The number of rotatable bonds is 7. The van der Waals surface area contributed by atoms with E-state index in [-0.39, 0.29) is 30.5 Å². The molecule has 2 amide bonds. The van der Waals surface area contributed by atoms with Gasteiger partial charge in [0.25, 0.3) is 0 Å². The van der Waals surface area contributed by atoms with E-state index in [0.717, 1.165) is 0 Å². The largest absolute Gasteiger partial charge is 0.468 e. The van der Waals surface area contributed by atoms with Crippen LogP contribution in [0.25, 0.3) is 0 Å². The minimum Gasteiger partial charge on any atom is -0.468 e. The summed E-state index contributed by atoms with van der Waals surface area (Å²) >= 11 is 0. The van der Waals surface area contributed by atoms with Crippen LogP contribution < -0.4 is 20.1 Å². The van der Waals surface area contributed by atoms with Crippen LogP contribution in [0.4, 0.5) is 0 Å². The van der Waals surface area contributed by atoms with E-state index in [2.05, 4.69) is 17.2 Å². The lowest BCUT2D eigenvalue weighted by atomic mass is 10.3. The molecule has 2 heterocycles. The lowest BCUT2D eigenvalue weighted by Crippen LogP contribution is -2.42. The molecule has 1 aliphatic rings. The number of hydrogen-bond acceptors (Lipinski definition) is 7. The molecule has 148 valence electrons. The number of fused-ring (bicyclic) bond motifs is 1. The number of nitrogens with one attached hydrogen (secondary N) is 2. The molecule has 2 aromatic rings. The van der Waals surface area contributed by atoms with Crippen molar-refractivity contribution in [2.75, 3.05) is 19.9 Å². The van der Waals surface area contributed by atoms with Crippen LogP contribution in [0.5, 0.6) is 11.5 Å². The summed E-state index contributed by atoms with van der Waals surface area (Å²) in [6, 6.07) is 7.26. The Bertz CT molecular complexity index is 983. The first-order chi connectivity index (χ1) is 13.4. The van der Waals surface area contributed by atoms with Gasteiger partial charge < -0.3 is 24.5 Å². The minimum atomic E-state index is -3.98. The molecule has 1 aromatic heterocycles. The van der Waals surface area contributed by atoms with E-state index < -0.39 is 26.9 Å². The van der Waals surface area contributed by atoms with E-state index in [1.807, 2.05) is 0 Å². The zero-order chi connectivity index (χ0) is 20.1. The summed E-state index contributed by atoms with van der Waals surface area (Å²) in [5.74, 6) is -0.963. The quantitative estimate of drug-likeness (QED) is 0.518. The molecule has 0 saturated carbocycles. The molecule has 0 radical (unpaired) electrons. The van der Waals surface area contributed by atoms with Gasteiger partial charge in [-0.05, 0) is 24.3 Å². The predicted octanol–water partition coefficient (Wildman–Crippen LogP) is 0.942. The summed E-state index contributed by atoms with van der Waals surface area (Å²) in [4.78, 5) is 23.6. The molecule has 2 N–H and O–H groups in total. The smallest absolute Gasteiger partial charge is 0.309 e. The highest BCUT2D eigenvalue weighted by Crippen LogP contribution is 2.37. The van der Waals surface area contributed by atoms with Gasteiger partial charge in [-0.15, -0.1) is 6.58 Å². The van der Waals surface area contributed by atoms with Crippen LogP contribution in [-0.4, -0.2) is 40.1 Å². The third kappa shape index (κ3) is 4.01. The number of ether oxygens (including phenoxy) is 2. The van der Waals surface area contributed by atoms with Gasteiger partial charge in [-0.25, -0.2) is 8.42 Å². The minimum absolute atomic E-state index is 0.0102. The summed E-state index contributed by atoms with van der Waals surface area (Å²) in [6.45, 7) is 3.20. The summed E-state index contributed by atoms with van der Waals surface area (Å²) < 4.78 is 42.0. The number of furan rings is 1. The van der Waals surface area contributed by atoms with Crippen LogP contribution in [0.2, 0.25) is 0 Å². The van der Waals surface area contributed by atoms with Crippen molar-refractivity contribution in [2.45, 2.75) is 10.1 Å². The molecule has 0 unspecified atom stereocenters. The summed E-state index contributed by atoms with van der Waals surface area (Å²) in [6.07, 6.45) is 2.75. The van der Waals surface area contributed by atoms with Crippen molar-refractivity contribution in [3.63, 3.8) is 0 Å². The van der Waals surface area contributed by atoms with Crippen molar-refractivity contribution in [1.29, 1.82) is 0 Å². The first kappa shape index (κ1) is 19.5. The molecule has 1 aliphatic heterocycles. The standard InChI is InChI=1S/C18H18N2O7S/c1-2-7-19-17(21)18(22)20-10-16(14-4-3-8-25-14)28(23,24)12-5-6-13-15(9-12)27-11-26-13/h2-6,8-9,16H,1,7,10-11H2,(H,19,21)(H,20,22)/t16-/m0/s1. The van der Waals surface area contributed by atoms with E-state index in [0.29, 0.717) is 11.5 Å². The van der Waals surface area contributed by atoms with Crippen molar-refractivity contribution in [1.82, 2.24) is 10.6 Å². The number of carbonyl (C=O) groups excluding carboxylic acids is 2. The van der Waals surface area contributed by atoms with E-state index in [1.165, 1.54) is 42.7 Å². The maximum absolute atomic E-state index is 13.2. The van der Waals surface area contributed by atoms with Crippen LogP contribution in [0, 0.1) is 0 Å². The van der Waals surface area contributed by atoms with Crippen molar-refractivity contribution in [2.24, 2.45) is 0 Å². The van der Waals surface area contributed by atoms with Gasteiger partial charge in [0.1, 0.15) is 11.0 Å². The molecule has 0 aliphatic carbocycles. The van der Waals surface area contributed by atoms with Crippen LogP contribution in [0.3, 0.4) is 0 Å². The average Bonchev–Trinajstić information content (AvgIpc) is 3.36. The lowest BCUT2D eigenvalue weighted by Gasteiger charge is -2.17. The van der Waals surface area contributed by atoms with Crippen LogP contribution >= 0.6 is 0 Å². The van der Waals surface area contributed by atoms with E-state index in [9.17, 15) is 18.0 Å². The maximum atomic E-state index is 13.2. The molecule has 9 nitrogen and oxygen atoms in total.